The molecule has 152 valence electrons. The van der Waals surface area contributed by atoms with E-state index >= 15 is 0 Å². The van der Waals surface area contributed by atoms with Gasteiger partial charge >= 0.3 is 5.97 Å². The number of hydrogen-bond donors (Lipinski definition) is 2. The molecule has 0 amide bonds. The van der Waals surface area contributed by atoms with Crippen molar-refractivity contribution in [2.45, 2.75) is 46.3 Å². The molecule has 1 atom stereocenters. The van der Waals surface area contributed by atoms with Crippen LogP contribution in [0.4, 0.5) is 5.69 Å². The summed E-state index contributed by atoms with van der Waals surface area (Å²) in [5.74, 6) is 0.360. The second-order valence-electron chi connectivity index (χ2n) is 7.10. The Balaban J connectivity index is 2.11. The Hall–Kier alpha value is -1.24. The Kier molecular flexibility index (Phi) is 8.65. The topological polar surface area (TPSA) is 58.6 Å². The molecule has 0 saturated carbocycles. The van der Waals surface area contributed by atoms with Gasteiger partial charge in [0.25, 0.3) is 0 Å². The van der Waals surface area contributed by atoms with E-state index in [0.717, 1.165) is 25.8 Å². The molecular weight excluding hydrogens is 509 g/mol. The van der Waals surface area contributed by atoms with Gasteiger partial charge in [-0.15, -0.1) is 0 Å². The highest BCUT2D eigenvalue weighted by molar-refractivity contribution is 9.11. The van der Waals surface area contributed by atoms with Crippen molar-refractivity contribution in [3.63, 3.8) is 0 Å². The summed E-state index contributed by atoms with van der Waals surface area (Å²) in [5, 5.41) is 13.0. The van der Waals surface area contributed by atoms with E-state index < -0.39 is 5.97 Å². The molecule has 0 aliphatic rings. The lowest BCUT2D eigenvalue weighted by molar-refractivity contribution is -0.136. The Morgan fingerprint density at radius 1 is 1.11 bits per heavy atom. The van der Waals surface area contributed by atoms with Gasteiger partial charge in [0.05, 0.1) is 8.95 Å². The van der Waals surface area contributed by atoms with Gasteiger partial charge in [0.15, 0.2) is 0 Å². The van der Waals surface area contributed by atoms with Crippen molar-refractivity contribution in [2.75, 3.05) is 5.32 Å². The summed E-state index contributed by atoms with van der Waals surface area (Å²) in [6.45, 7) is 6.84. The monoisotopic (exact) mass is 531 g/mol. The molecule has 1 unspecified atom stereocenters. The third-order valence-corrected chi connectivity index (χ3v) is 5.82. The Bertz CT molecular complexity index is 819. The molecule has 0 heterocycles. The van der Waals surface area contributed by atoms with Crippen molar-refractivity contribution in [1.29, 1.82) is 0 Å². The largest absolute Gasteiger partial charge is 0.487 e. The summed E-state index contributed by atoms with van der Waals surface area (Å²) in [5.41, 5.74) is 2.85. The van der Waals surface area contributed by atoms with Crippen molar-refractivity contribution in [3.05, 3.63) is 55.4 Å². The maximum absolute atomic E-state index is 10.8. The minimum absolute atomic E-state index is 0.0895. The highest BCUT2D eigenvalue weighted by atomic mass is 79.9. The van der Waals surface area contributed by atoms with E-state index in [-0.39, 0.29) is 6.42 Å². The van der Waals surface area contributed by atoms with Gasteiger partial charge in [0, 0.05) is 23.2 Å². The van der Waals surface area contributed by atoms with Crippen LogP contribution in [0.2, 0.25) is 5.02 Å². The van der Waals surface area contributed by atoms with E-state index in [4.69, 9.17) is 21.4 Å². The van der Waals surface area contributed by atoms with Crippen molar-refractivity contribution in [3.8, 4) is 5.75 Å². The highest BCUT2D eigenvalue weighted by Crippen LogP contribution is 2.36. The van der Waals surface area contributed by atoms with Crippen LogP contribution in [0.15, 0.2) is 39.3 Å². The number of carboxylic acids is 1. The van der Waals surface area contributed by atoms with E-state index in [1.807, 2.05) is 30.3 Å². The molecule has 0 fully saturated rings. The summed E-state index contributed by atoms with van der Waals surface area (Å²) < 4.78 is 7.55. The summed E-state index contributed by atoms with van der Waals surface area (Å²) >= 11 is 13.3. The number of ether oxygens (including phenoxy) is 1. The van der Waals surface area contributed by atoms with E-state index in [2.05, 4.69) is 57.9 Å². The van der Waals surface area contributed by atoms with Gasteiger partial charge < -0.3 is 15.2 Å². The predicted molar refractivity (Wildman–Crippen MR) is 122 cm³/mol. The lowest BCUT2D eigenvalue weighted by atomic mass is 10.1. The Morgan fingerprint density at radius 3 is 2.32 bits per heavy atom. The third-order valence-electron chi connectivity index (χ3n) is 4.42. The number of aliphatic carboxylic acids is 1. The van der Waals surface area contributed by atoms with Crippen molar-refractivity contribution in [2.24, 2.45) is 5.92 Å². The standard InChI is InChI=1S/C21H24Br2ClNO3/c1-12(2)13(3)25-17-7-15(6-16(24)10-17)11-28-21-18(22)8-14(9-19(21)23)4-5-20(26)27/h6-10,12-13,25H,4-5,11H2,1-3H3,(H,26,27). The molecule has 0 aliphatic carbocycles. The predicted octanol–water partition coefficient (Wildman–Crippen LogP) is 6.92. The zero-order valence-electron chi connectivity index (χ0n) is 16.1. The molecule has 28 heavy (non-hydrogen) atoms. The first kappa shape index (κ1) is 23.0. The molecule has 2 aromatic rings. The first-order valence-electron chi connectivity index (χ1n) is 9.04. The molecule has 0 bridgehead atoms. The number of carbonyl (C=O) groups is 1. The molecule has 0 spiro atoms. The van der Waals surface area contributed by atoms with Crippen molar-refractivity contribution >= 4 is 55.1 Å². The van der Waals surface area contributed by atoms with Gasteiger partial charge in [0.2, 0.25) is 0 Å². The van der Waals surface area contributed by atoms with Crippen LogP contribution in [0, 0.1) is 5.92 Å². The van der Waals surface area contributed by atoms with E-state index in [0.29, 0.717) is 35.8 Å². The zero-order chi connectivity index (χ0) is 20.8. The van der Waals surface area contributed by atoms with E-state index in [9.17, 15) is 4.79 Å². The van der Waals surface area contributed by atoms with Gasteiger partial charge in [0.1, 0.15) is 12.4 Å². The maximum atomic E-state index is 10.8. The van der Waals surface area contributed by atoms with Crippen LogP contribution in [-0.2, 0) is 17.8 Å². The molecule has 2 N–H and O–H groups in total. The molecule has 2 rings (SSSR count). The first-order valence-corrected chi connectivity index (χ1v) is 11.0. The Morgan fingerprint density at radius 2 is 1.75 bits per heavy atom. The molecule has 0 radical (unpaired) electrons. The second-order valence-corrected chi connectivity index (χ2v) is 9.24. The minimum atomic E-state index is -0.815. The quantitative estimate of drug-likeness (QED) is 0.367. The molecule has 7 heteroatoms. The normalized spacial score (nSPS) is 12.1. The Labute approximate surface area is 187 Å². The summed E-state index contributed by atoms with van der Waals surface area (Å²) in [4.78, 5) is 10.8. The molecule has 2 aromatic carbocycles. The number of anilines is 1. The van der Waals surface area contributed by atoms with Crippen molar-refractivity contribution < 1.29 is 14.6 Å². The smallest absolute Gasteiger partial charge is 0.303 e. The molecule has 0 aliphatic heterocycles. The fourth-order valence-electron chi connectivity index (χ4n) is 2.55. The lowest BCUT2D eigenvalue weighted by Crippen LogP contribution is -2.21. The van der Waals surface area contributed by atoms with Crippen LogP contribution in [0.5, 0.6) is 5.75 Å². The fourth-order valence-corrected chi connectivity index (χ4v) is 4.32. The van der Waals surface area contributed by atoms with Crippen LogP contribution >= 0.6 is 43.5 Å². The van der Waals surface area contributed by atoms with Gasteiger partial charge in [-0.2, -0.15) is 0 Å². The lowest BCUT2D eigenvalue weighted by Gasteiger charge is -2.20. The van der Waals surface area contributed by atoms with Gasteiger partial charge in [-0.1, -0.05) is 25.4 Å². The SMILES string of the molecule is CC(C)C(C)Nc1cc(Cl)cc(COc2c(Br)cc(CCC(=O)O)cc2Br)c1. The fraction of sp³-hybridized carbons (Fsp3) is 0.381. The molecule has 4 nitrogen and oxygen atoms in total. The first-order chi connectivity index (χ1) is 13.2. The zero-order valence-corrected chi connectivity index (χ0v) is 20.0. The maximum Gasteiger partial charge on any atom is 0.303 e. The van der Waals surface area contributed by atoms with Gasteiger partial charge in [-0.05, 0) is 92.6 Å². The number of halogens is 3. The number of aryl methyl sites for hydroxylation is 1. The van der Waals surface area contributed by atoms with Crippen LogP contribution in [-0.4, -0.2) is 17.1 Å². The third kappa shape index (κ3) is 6.98. The average Bonchev–Trinajstić information content (AvgIpc) is 2.58. The summed E-state index contributed by atoms with van der Waals surface area (Å²) in [6, 6.07) is 9.93. The average molecular weight is 534 g/mol. The molecule has 0 aromatic heterocycles. The van der Waals surface area contributed by atoms with Gasteiger partial charge in [-0.25, -0.2) is 0 Å². The van der Waals surface area contributed by atoms with Crippen LogP contribution < -0.4 is 10.1 Å². The number of hydrogen-bond acceptors (Lipinski definition) is 3. The minimum Gasteiger partial charge on any atom is -0.487 e. The van der Waals surface area contributed by atoms with E-state index in [1.54, 1.807) is 0 Å². The van der Waals surface area contributed by atoms with Crippen molar-refractivity contribution in [1.82, 2.24) is 0 Å². The number of benzene rings is 2. The number of carboxylic acid groups (broad SMARTS) is 1. The highest BCUT2D eigenvalue weighted by Gasteiger charge is 2.12. The molecule has 0 saturated heterocycles. The van der Waals surface area contributed by atoms with Gasteiger partial charge in [-0.3, -0.25) is 4.79 Å². The van der Waals surface area contributed by atoms with Crippen LogP contribution in [0.1, 0.15) is 38.3 Å². The summed E-state index contributed by atoms with van der Waals surface area (Å²) in [7, 11) is 0. The van der Waals surface area contributed by atoms with E-state index in [1.165, 1.54) is 0 Å². The molecular formula is C21H24Br2ClNO3. The second kappa shape index (κ2) is 10.5. The van der Waals surface area contributed by atoms with Crippen LogP contribution in [0.3, 0.4) is 0 Å². The summed E-state index contributed by atoms with van der Waals surface area (Å²) in [6.07, 6.45) is 0.552. The number of nitrogens with one attached hydrogen (secondary N) is 1. The number of rotatable bonds is 9. The van der Waals surface area contributed by atoms with Crippen LogP contribution in [0.25, 0.3) is 0 Å².